The van der Waals surface area contributed by atoms with Crippen molar-refractivity contribution in [3.8, 4) is 27.4 Å². The van der Waals surface area contributed by atoms with Crippen LogP contribution in [0.1, 0.15) is 5.56 Å². The van der Waals surface area contributed by atoms with Crippen LogP contribution in [0.3, 0.4) is 0 Å². The van der Waals surface area contributed by atoms with Gasteiger partial charge in [0.2, 0.25) is 0 Å². The number of aromatic nitrogens is 1. The van der Waals surface area contributed by atoms with Gasteiger partial charge in [-0.05, 0) is 30.3 Å². The Morgan fingerprint density at radius 2 is 1.87 bits per heavy atom. The molecule has 0 aliphatic rings. The van der Waals surface area contributed by atoms with Gasteiger partial charge in [-0.15, -0.1) is 11.3 Å². The van der Waals surface area contributed by atoms with Crippen molar-refractivity contribution in [3.63, 3.8) is 0 Å². The fourth-order valence-electron chi connectivity index (χ4n) is 3.34. The number of rotatable bonds is 6. The summed E-state index contributed by atoms with van der Waals surface area (Å²) in [5.74, 6) is 0.0149. The predicted octanol–water partition coefficient (Wildman–Crippen LogP) is 6.25. The summed E-state index contributed by atoms with van der Waals surface area (Å²) in [6.07, 6.45) is 2.77. The van der Waals surface area contributed by atoms with Gasteiger partial charge in [0.25, 0.3) is 0 Å². The minimum Gasteiger partial charge on any atom is -0.489 e. The summed E-state index contributed by atoms with van der Waals surface area (Å²) >= 11 is 7.43. The number of ether oxygens (including phenoxy) is 1. The lowest BCUT2D eigenvalue weighted by molar-refractivity contribution is 0.303. The van der Waals surface area contributed by atoms with Gasteiger partial charge >= 0.3 is 0 Å². The summed E-state index contributed by atoms with van der Waals surface area (Å²) in [7, 11) is -3.62. The Bertz CT molecular complexity index is 1340. The molecule has 0 fully saturated rings. The molecule has 4 aromatic rings. The van der Waals surface area contributed by atoms with E-state index in [0.29, 0.717) is 32.5 Å². The molecule has 8 heteroatoms. The topological polar surface area (TPSA) is 56.3 Å². The van der Waals surface area contributed by atoms with E-state index in [2.05, 4.69) is 4.98 Å². The maximum absolute atomic E-state index is 14.9. The van der Waals surface area contributed by atoms with Gasteiger partial charge < -0.3 is 4.74 Å². The van der Waals surface area contributed by atoms with E-state index in [4.69, 9.17) is 16.3 Å². The summed E-state index contributed by atoms with van der Waals surface area (Å²) in [6.45, 7) is -0.0916. The van der Waals surface area contributed by atoms with Gasteiger partial charge in [0.1, 0.15) is 23.2 Å². The van der Waals surface area contributed by atoms with E-state index in [1.165, 1.54) is 23.5 Å². The second-order valence-corrected chi connectivity index (χ2v) is 10.1. The molecule has 0 aliphatic carbocycles. The molecule has 4 nitrogen and oxygen atoms in total. The quantitative estimate of drug-likeness (QED) is 0.332. The van der Waals surface area contributed by atoms with E-state index in [0.717, 1.165) is 6.26 Å². The number of hydrogen-bond acceptors (Lipinski definition) is 5. The molecule has 0 radical (unpaired) electrons. The highest BCUT2D eigenvalue weighted by Crippen LogP contribution is 2.40. The average molecular weight is 474 g/mol. The van der Waals surface area contributed by atoms with E-state index in [9.17, 15) is 12.8 Å². The normalized spacial score (nSPS) is 11.5. The molecule has 4 rings (SSSR count). The number of hydrogen-bond donors (Lipinski definition) is 0. The van der Waals surface area contributed by atoms with E-state index in [-0.39, 0.29) is 17.1 Å². The molecule has 0 N–H and O–H groups in total. The Labute approximate surface area is 188 Å². The Kier molecular flexibility index (Phi) is 6.09. The molecule has 0 atom stereocenters. The number of halogens is 2. The zero-order chi connectivity index (χ0) is 22.0. The molecular weight excluding hydrogens is 457 g/mol. The third-order valence-corrected chi connectivity index (χ3v) is 6.88. The van der Waals surface area contributed by atoms with Crippen molar-refractivity contribution in [1.82, 2.24) is 4.98 Å². The second kappa shape index (κ2) is 8.78. The van der Waals surface area contributed by atoms with E-state index < -0.39 is 15.7 Å². The largest absolute Gasteiger partial charge is 0.489 e. The van der Waals surface area contributed by atoms with Gasteiger partial charge in [-0.25, -0.2) is 17.8 Å². The summed E-state index contributed by atoms with van der Waals surface area (Å²) in [4.78, 5) is 4.43. The minimum atomic E-state index is -3.62. The van der Waals surface area contributed by atoms with Crippen molar-refractivity contribution in [3.05, 3.63) is 88.6 Å². The van der Waals surface area contributed by atoms with E-state index in [1.807, 2.05) is 5.38 Å². The van der Waals surface area contributed by atoms with Gasteiger partial charge in [-0.1, -0.05) is 41.9 Å². The van der Waals surface area contributed by atoms with Crippen molar-refractivity contribution in [2.45, 2.75) is 11.5 Å². The molecule has 1 aromatic heterocycles. The summed E-state index contributed by atoms with van der Waals surface area (Å²) in [6, 6.07) is 16.3. The van der Waals surface area contributed by atoms with Crippen molar-refractivity contribution >= 4 is 32.8 Å². The van der Waals surface area contributed by atoms with Crippen LogP contribution in [0.15, 0.2) is 77.1 Å². The predicted molar refractivity (Wildman–Crippen MR) is 122 cm³/mol. The Morgan fingerprint density at radius 3 is 2.55 bits per heavy atom. The minimum absolute atomic E-state index is 0.0769. The maximum Gasteiger partial charge on any atom is 0.175 e. The van der Waals surface area contributed by atoms with Crippen LogP contribution in [0.5, 0.6) is 5.75 Å². The molecular formula is C23H17ClFNO3S2. The van der Waals surface area contributed by atoms with E-state index in [1.54, 1.807) is 54.7 Å². The van der Waals surface area contributed by atoms with Crippen LogP contribution in [0, 0.1) is 5.82 Å². The number of thiazole rings is 1. The van der Waals surface area contributed by atoms with Crippen LogP contribution < -0.4 is 4.74 Å². The smallest absolute Gasteiger partial charge is 0.175 e. The fraction of sp³-hybridized carbons (Fsp3) is 0.0870. The van der Waals surface area contributed by atoms with Crippen LogP contribution in [0.4, 0.5) is 4.39 Å². The molecule has 158 valence electrons. The lowest BCUT2D eigenvalue weighted by Crippen LogP contribution is -2.09. The van der Waals surface area contributed by atoms with E-state index >= 15 is 0 Å². The summed E-state index contributed by atoms with van der Waals surface area (Å²) < 4.78 is 46.0. The Morgan fingerprint density at radius 1 is 1.06 bits per heavy atom. The van der Waals surface area contributed by atoms with Crippen molar-refractivity contribution < 1.29 is 17.5 Å². The first-order chi connectivity index (χ1) is 14.8. The lowest BCUT2D eigenvalue weighted by Gasteiger charge is -2.19. The average Bonchev–Trinajstić information content (AvgIpc) is 3.26. The first kappa shape index (κ1) is 21.5. The Balaban J connectivity index is 1.97. The molecule has 1 heterocycles. The Hall–Kier alpha value is -2.74. The van der Waals surface area contributed by atoms with Gasteiger partial charge in [0, 0.05) is 45.1 Å². The van der Waals surface area contributed by atoms with Crippen LogP contribution >= 0.6 is 22.9 Å². The van der Waals surface area contributed by atoms with Gasteiger partial charge in [-0.2, -0.15) is 0 Å². The molecule has 0 amide bonds. The third-order valence-electron chi connectivity index (χ3n) is 4.65. The summed E-state index contributed by atoms with van der Waals surface area (Å²) in [5, 5.41) is 2.96. The van der Waals surface area contributed by atoms with Crippen molar-refractivity contribution in [2.75, 3.05) is 6.26 Å². The molecule has 0 unspecified atom stereocenters. The fourth-order valence-corrected chi connectivity index (χ4v) is 5.11. The van der Waals surface area contributed by atoms with Crippen LogP contribution in [-0.4, -0.2) is 19.7 Å². The van der Waals surface area contributed by atoms with Crippen molar-refractivity contribution in [1.29, 1.82) is 0 Å². The maximum atomic E-state index is 14.9. The zero-order valence-corrected chi connectivity index (χ0v) is 18.8. The molecule has 0 saturated heterocycles. The van der Waals surface area contributed by atoms with Gasteiger partial charge in [0.05, 0.1) is 4.90 Å². The SMILES string of the molecule is CS(=O)(=O)c1ccc(-c2nccs2)c(-c2ccccc2F)c1COc1cccc(Cl)c1. The summed E-state index contributed by atoms with van der Waals surface area (Å²) in [5.41, 5.74) is 1.72. The first-order valence-corrected chi connectivity index (χ1v) is 12.4. The van der Waals surface area contributed by atoms with Crippen molar-refractivity contribution in [2.24, 2.45) is 0 Å². The monoisotopic (exact) mass is 473 g/mol. The van der Waals surface area contributed by atoms with Crippen LogP contribution in [0.25, 0.3) is 21.7 Å². The molecule has 0 bridgehead atoms. The third kappa shape index (κ3) is 4.63. The standard InChI is InChI=1S/C23H17ClFNO3S2/c1-31(27,28)21-10-9-18(23-26-11-12-30-23)22(17-7-2-3-8-20(17)25)19(21)14-29-16-6-4-5-15(24)13-16/h2-13H,14H2,1H3. The number of benzene rings is 3. The highest BCUT2D eigenvalue weighted by molar-refractivity contribution is 7.90. The second-order valence-electron chi connectivity index (χ2n) is 6.80. The van der Waals surface area contributed by atoms with Crippen LogP contribution in [0.2, 0.25) is 5.02 Å². The zero-order valence-electron chi connectivity index (χ0n) is 16.4. The lowest BCUT2D eigenvalue weighted by atomic mass is 9.94. The highest BCUT2D eigenvalue weighted by Gasteiger charge is 2.24. The molecule has 0 aliphatic heterocycles. The first-order valence-electron chi connectivity index (χ1n) is 9.23. The number of nitrogens with zero attached hydrogens (tertiary/aromatic N) is 1. The number of sulfone groups is 1. The van der Waals surface area contributed by atoms with Gasteiger partial charge in [0.15, 0.2) is 9.84 Å². The van der Waals surface area contributed by atoms with Crippen LogP contribution in [-0.2, 0) is 16.4 Å². The molecule has 31 heavy (non-hydrogen) atoms. The molecule has 0 saturated carbocycles. The molecule has 0 spiro atoms. The highest BCUT2D eigenvalue weighted by atomic mass is 35.5. The molecule has 3 aromatic carbocycles. The van der Waals surface area contributed by atoms with Gasteiger partial charge in [-0.3, -0.25) is 0 Å².